The Morgan fingerprint density at radius 3 is 1.62 bits per heavy atom. The molecule has 0 aliphatic carbocycles. The molecule has 0 atom stereocenters. The maximum Gasteiger partial charge on any atom is 0.343 e. The third-order valence-corrected chi connectivity index (χ3v) is 4.47. The number of hydrogen-bond acceptors (Lipinski definition) is 7. The molecule has 8 nitrogen and oxygen atoms in total. The second kappa shape index (κ2) is 12.0. The third kappa shape index (κ3) is 6.52. The van der Waals surface area contributed by atoms with Crippen molar-refractivity contribution in [1.29, 1.82) is 0 Å². The number of esters is 3. The van der Waals surface area contributed by atoms with E-state index in [4.69, 9.17) is 14.6 Å². The topological polar surface area (TPSA) is 116 Å². The number of benzene rings is 3. The summed E-state index contributed by atoms with van der Waals surface area (Å²) < 4.78 is 15.2. The van der Waals surface area contributed by atoms with Gasteiger partial charge in [-0.2, -0.15) is 0 Å². The van der Waals surface area contributed by atoms with E-state index in [-0.39, 0.29) is 28.2 Å². The second-order valence-electron chi connectivity index (χ2n) is 6.66. The maximum atomic E-state index is 12.4. The lowest BCUT2D eigenvalue weighted by Gasteiger charge is -2.10. The molecule has 8 heteroatoms. The van der Waals surface area contributed by atoms with Crippen LogP contribution in [0.5, 0.6) is 11.5 Å². The Labute approximate surface area is 196 Å². The Morgan fingerprint density at radius 1 is 0.647 bits per heavy atom. The smallest absolute Gasteiger partial charge is 0.343 e. The number of rotatable bonds is 6. The average Bonchev–Trinajstić information content (AvgIpc) is 2.86. The predicted octanol–water partition coefficient (Wildman–Crippen LogP) is 4.94. The molecule has 0 amide bonds. The highest BCUT2D eigenvalue weighted by atomic mass is 16.5. The van der Waals surface area contributed by atoms with Crippen LogP contribution in [-0.4, -0.2) is 36.1 Å². The molecule has 0 saturated carbocycles. The lowest BCUT2D eigenvalue weighted by atomic mass is 10.1. The molecule has 0 heterocycles. The highest BCUT2D eigenvalue weighted by Gasteiger charge is 2.15. The first kappa shape index (κ1) is 25.8. The molecular formula is C26H24O8. The number of carbonyl (C=O) groups is 4. The number of aromatic carboxylic acids is 1. The first-order valence-corrected chi connectivity index (χ1v) is 10.3. The van der Waals surface area contributed by atoms with Gasteiger partial charge in [-0.05, 0) is 79.2 Å². The first-order chi connectivity index (χ1) is 16.3. The van der Waals surface area contributed by atoms with E-state index < -0.39 is 23.9 Å². The number of aryl methyl sites for hydroxylation is 1. The number of methoxy groups -OCH3 is 1. The molecule has 3 rings (SSSR count). The number of carbonyl (C=O) groups excluding carboxylic acids is 3. The molecule has 1 N–H and O–H groups in total. The van der Waals surface area contributed by atoms with Crippen LogP contribution in [0.15, 0.2) is 66.7 Å². The Morgan fingerprint density at radius 2 is 1.12 bits per heavy atom. The van der Waals surface area contributed by atoms with Gasteiger partial charge >= 0.3 is 23.9 Å². The van der Waals surface area contributed by atoms with Crippen molar-refractivity contribution < 1.29 is 38.5 Å². The van der Waals surface area contributed by atoms with Gasteiger partial charge in [-0.3, -0.25) is 0 Å². The van der Waals surface area contributed by atoms with Crippen molar-refractivity contribution in [3.05, 3.63) is 94.5 Å². The van der Waals surface area contributed by atoms with Crippen molar-refractivity contribution in [2.45, 2.75) is 20.8 Å². The summed E-state index contributed by atoms with van der Waals surface area (Å²) >= 11 is 0. The molecule has 0 bridgehead atoms. The molecule has 3 aromatic carbocycles. The normalized spacial score (nSPS) is 9.76. The molecule has 0 aromatic heterocycles. The molecular weight excluding hydrogens is 440 g/mol. The van der Waals surface area contributed by atoms with Gasteiger partial charge in [0.1, 0.15) is 11.5 Å². The monoisotopic (exact) mass is 464 g/mol. The fourth-order valence-electron chi connectivity index (χ4n) is 2.74. The van der Waals surface area contributed by atoms with Gasteiger partial charge in [0.2, 0.25) is 0 Å². The van der Waals surface area contributed by atoms with Crippen LogP contribution in [0, 0.1) is 6.92 Å². The molecule has 0 unspecified atom stereocenters. The molecule has 176 valence electrons. The van der Waals surface area contributed by atoms with Gasteiger partial charge in [0, 0.05) is 0 Å². The zero-order valence-electron chi connectivity index (χ0n) is 19.2. The van der Waals surface area contributed by atoms with Crippen molar-refractivity contribution in [2.24, 2.45) is 0 Å². The molecule has 0 spiro atoms. The van der Waals surface area contributed by atoms with E-state index >= 15 is 0 Å². The minimum Gasteiger partial charge on any atom is -0.478 e. The summed E-state index contributed by atoms with van der Waals surface area (Å²) in [7, 11) is 1.27. The predicted molar refractivity (Wildman–Crippen MR) is 124 cm³/mol. The van der Waals surface area contributed by atoms with Gasteiger partial charge < -0.3 is 19.3 Å². The van der Waals surface area contributed by atoms with Crippen molar-refractivity contribution >= 4 is 23.9 Å². The summed E-state index contributed by atoms with van der Waals surface area (Å²) in [4.78, 5) is 47.1. The van der Waals surface area contributed by atoms with E-state index in [9.17, 15) is 19.2 Å². The first-order valence-electron chi connectivity index (χ1n) is 10.3. The summed E-state index contributed by atoms with van der Waals surface area (Å²) in [6.07, 6.45) is 0. The van der Waals surface area contributed by atoms with Gasteiger partial charge in [-0.25, -0.2) is 19.2 Å². The SMILES string of the molecule is CC.COC(=O)c1ccc(C(=O)Oc2ccc(C(=O)Oc3ccc(C(=O)O)cc3)cc2C)cc1. The lowest BCUT2D eigenvalue weighted by molar-refractivity contribution is 0.0598. The van der Waals surface area contributed by atoms with E-state index in [1.807, 2.05) is 13.8 Å². The molecule has 0 aliphatic rings. The highest BCUT2D eigenvalue weighted by Crippen LogP contribution is 2.22. The number of hydrogen-bond donors (Lipinski definition) is 1. The van der Waals surface area contributed by atoms with E-state index in [0.717, 1.165) is 0 Å². The Kier molecular flexibility index (Phi) is 9.08. The van der Waals surface area contributed by atoms with E-state index in [1.165, 1.54) is 73.8 Å². The van der Waals surface area contributed by atoms with Gasteiger partial charge in [-0.15, -0.1) is 0 Å². The zero-order chi connectivity index (χ0) is 25.3. The minimum atomic E-state index is -1.08. The maximum absolute atomic E-state index is 12.4. The average molecular weight is 464 g/mol. The van der Waals surface area contributed by atoms with Gasteiger partial charge in [0.15, 0.2) is 0 Å². The van der Waals surface area contributed by atoms with Gasteiger partial charge in [-0.1, -0.05) is 13.8 Å². The van der Waals surface area contributed by atoms with Crippen LogP contribution in [0.4, 0.5) is 0 Å². The molecule has 0 radical (unpaired) electrons. The summed E-state index contributed by atoms with van der Waals surface area (Å²) in [5.41, 5.74) is 1.38. The molecule has 3 aromatic rings. The summed E-state index contributed by atoms with van der Waals surface area (Å²) in [6.45, 7) is 5.67. The van der Waals surface area contributed by atoms with Crippen LogP contribution < -0.4 is 9.47 Å². The van der Waals surface area contributed by atoms with Crippen LogP contribution >= 0.6 is 0 Å². The second-order valence-corrected chi connectivity index (χ2v) is 6.66. The standard InChI is InChI=1S/C24H18O8.C2H6/c1-14-13-18(24(29)31-19-10-7-15(8-11-19)21(25)26)9-12-20(14)32-23(28)17-5-3-16(4-6-17)22(27)30-2;1-2/h3-13H,1-2H3,(H,25,26);1-2H3. The number of carboxylic acid groups (broad SMARTS) is 1. The molecule has 0 fully saturated rings. The van der Waals surface area contributed by atoms with E-state index in [0.29, 0.717) is 11.1 Å². The van der Waals surface area contributed by atoms with E-state index in [2.05, 4.69) is 4.74 Å². The Bertz CT molecular complexity index is 1180. The van der Waals surface area contributed by atoms with Crippen LogP contribution in [0.25, 0.3) is 0 Å². The Balaban J connectivity index is 0.00000199. The fraction of sp³-hybridized carbons (Fsp3) is 0.154. The zero-order valence-corrected chi connectivity index (χ0v) is 19.2. The summed E-state index contributed by atoms with van der Waals surface area (Å²) in [5, 5.41) is 8.91. The number of ether oxygens (including phenoxy) is 3. The quantitative estimate of drug-likeness (QED) is 0.403. The molecule has 34 heavy (non-hydrogen) atoms. The Hall–Kier alpha value is -4.46. The van der Waals surface area contributed by atoms with Gasteiger partial charge in [0.05, 0.1) is 29.4 Å². The van der Waals surface area contributed by atoms with Crippen LogP contribution in [0.3, 0.4) is 0 Å². The third-order valence-electron chi connectivity index (χ3n) is 4.47. The fourth-order valence-corrected chi connectivity index (χ4v) is 2.74. The van der Waals surface area contributed by atoms with Crippen molar-refractivity contribution in [3.63, 3.8) is 0 Å². The van der Waals surface area contributed by atoms with Crippen LogP contribution in [0.2, 0.25) is 0 Å². The van der Waals surface area contributed by atoms with Crippen LogP contribution in [-0.2, 0) is 4.74 Å². The lowest BCUT2D eigenvalue weighted by Crippen LogP contribution is -2.12. The molecule has 0 aliphatic heterocycles. The van der Waals surface area contributed by atoms with Crippen molar-refractivity contribution in [1.82, 2.24) is 0 Å². The largest absolute Gasteiger partial charge is 0.478 e. The summed E-state index contributed by atoms with van der Waals surface area (Å²) in [5.74, 6) is -2.41. The highest BCUT2D eigenvalue weighted by molar-refractivity contribution is 5.95. The minimum absolute atomic E-state index is 0.0757. The molecule has 0 saturated heterocycles. The van der Waals surface area contributed by atoms with Crippen molar-refractivity contribution in [2.75, 3.05) is 7.11 Å². The van der Waals surface area contributed by atoms with Crippen LogP contribution in [0.1, 0.15) is 60.8 Å². The van der Waals surface area contributed by atoms with Crippen molar-refractivity contribution in [3.8, 4) is 11.5 Å². The number of carboxylic acids is 1. The summed E-state index contributed by atoms with van der Waals surface area (Å²) in [6, 6.07) is 15.7. The van der Waals surface area contributed by atoms with Gasteiger partial charge in [0.25, 0.3) is 0 Å². The van der Waals surface area contributed by atoms with E-state index in [1.54, 1.807) is 6.92 Å².